The summed E-state index contributed by atoms with van der Waals surface area (Å²) in [4.78, 5) is 26.2. The molecule has 2 aliphatic rings. The summed E-state index contributed by atoms with van der Waals surface area (Å²) in [6.45, 7) is 1.82. The van der Waals surface area contributed by atoms with Gasteiger partial charge in [0.2, 0.25) is 11.8 Å². The zero-order valence-corrected chi connectivity index (χ0v) is 14.3. The maximum absolute atomic E-state index is 12.3. The van der Waals surface area contributed by atoms with Crippen LogP contribution in [0.5, 0.6) is 0 Å². The molecule has 2 fully saturated rings. The lowest BCUT2D eigenvalue weighted by Crippen LogP contribution is -2.47. The van der Waals surface area contributed by atoms with E-state index in [0.717, 1.165) is 25.7 Å². The van der Waals surface area contributed by atoms with Crippen LogP contribution in [0.2, 0.25) is 0 Å². The quantitative estimate of drug-likeness (QED) is 0.566. The molecule has 0 N–H and O–H groups in total. The molecule has 1 spiro atoms. The Labute approximate surface area is 144 Å². The minimum atomic E-state index is 0.00343. The predicted octanol–water partition coefficient (Wildman–Crippen LogP) is 3.69. The van der Waals surface area contributed by atoms with Crippen molar-refractivity contribution >= 4 is 11.8 Å². The molecule has 4 nitrogen and oxygen atoms in total. The van der Waals surface area contributed by atoms with Crippen molar-refractivity contribution < 1.29 is 14.3 Å². The SMILES string of the molecule is O=C1CC2(CCCC2)CC(=O)N1CCCCOCc1ccccc1. The Morgan fingerprint density at radius 2 is 1.62 bits per heavy atom. The van der Waals surface area contributed by atoms with Crippen molar-refractivity contribution in [3.8, 4) is 0 Å². The lowest BCUT2D eigenvalue weighted by molar-refractivity contribution is -0.153. The lowest BCUT2D eigenvalue weighted by atomic mass is 9.76. The number of piperidine rings is 1. The second-order valence-electron chi connectivity index (χ2n) is 7.25. The molecule has 0 unspecified atom stereocenters. The zero-order valence-electron chi connectivity index (χ0n) is 14.3. The van der Waals surface area contributed by atoms with Crippen LogP contribution in [0.4, 0.5) is 0 Å². The fourth-order valence-electron chi connectivity index (χ4n) is 4.00. The zero-order chi connectivity index (χ0) is 16.8. The number of hydrogen-bond donors (Lipinski definition) is 0. The van der Waals surface area contributed by atoms with Gasteiger partial charge in [0, 0.05) is 26.0 Å². The number of benzene rings is 1. The monoisotopic (exact) mass is 329 g/mol. The van der Waals surface area contributed by atoms with Crippen LogP contribution >= 0.6 is 0 Å². The molecule has 0 atom stereocenters. The van der Waals surface area contributed by atoms with Crippen molar-refractivity contribution in [2.24, 2.45) is 5.41 Å². The van der Waals surface area contributed by atoms with Gasteiger partial charge in [0.05, 0.1) is 6.61 Å². The molecule has 1 aromatic rings. The minimum absolute atomic E-state index is 0.00343. The van der Waals surface area contributed by atoms with Crippen LogP contribution in [0, 0.1) is 5.41 Å². The van der Waals surface area contributed by atoms with Crippen molar-refractivity contribution in [2.75, 3.05) is 13.2 Å². The molecule has 0 aromatic heterocycles. The Morgan fingerprint density at radius 3 is 2.29 bits per heavy atom. The third kappa shape index (κ3) is 4.23. The largest absolute Gasteiger partial charge is 0.377 e. The molecule has 1 saturated carbocycles. The molecule has 4 heteroatoms. The third-order valence-corrected chi connectivity index (χ3v) is 5.35. The van der Waals surface area contributed by atoms with Crippen molar-refractivity contribution in [1.29, 1.82) is 0 Å². The minimum Gasteiger partial charge on any atom is -0.377 e. The smallest absolute Gasteiger partial charge is 0.229 e. The molecule has 1 aromatic carbocycles. The molecule has 3 rings (SSSR count). The van der Waals surface area contributed by atoms with E-state index in [1.54, 1.807) is 0 Å². The summed E-state index contributed by atoms with van der Waals surface area (Å²) in [5.41, 5.74) is 1.17. The molecule has 0 bridgehead atoms. The summed E-state index contributed by atoms with van der Waals surface area (Å²) < 4.78 is 5.65. The Bertz CT molecular complexity index is 544. The maximum atomic E-state index is 12.3. The van der Waals surface area contributed by atoms with Gasteiger partial charge in [-0.1, -0.05) is 43.2 Å². The van der Waals surface area contributed by atoms with Crippen LogP contribution < -0.4 is 0 Å². The molecule has 1 heterocycles. The van der Waals surface area contributed by atoms with E-state index in [1.807, 2.05) is 30.3 Å². The number of carbonyl (C=O) groups excluding carboxylic acids is 2. The second-order valence-corrected chi connectivity index (χ2v) is 7.25. The summed E-state index contributed by atoms with van der Waals surface area (Å²) in [6.07, 6.45) is 7.26. The van der Waals surface area contributed by atoms with Crippen LogP contribution in [0.15, 0.2) is 30.3 Å². The van der Waals surface area contributed by atoms with E-state index < -0.39 is 0 Å². The first kappa shape index (κ1) is 17.2. The van der Waals surface area contributed by atoms with Crippen LogP contribution in [0.1, 0.15) is 56.9 Å². The molecular weight excluding hydrogens is 302 g/mol. The highest BCUT2D eigenvalue weighted by molar-refractivity contribution is 5.98. The van der Waals surface area contributed by atoms with E-state index in [9.17, 15) is 9.59 Å². The number of likely N-dealkylation sites (tertiary alicyclic amines) is 1. The van der Waals surface area contributed by atoms with Gasteiger partial charge in [-0.05, 0) is 36.7 Å². The summed E-state index contributed by atoms with van der Waals surface area (Å²) in [5.74, 6) is 0.0803. The lowest BCUT2D eigenvalue weighted by Gasteiger charge is -2.37. The summed E-state index contributed by atoms with van der Waals surface area (Å²) >= 11 is 0. The molecule has 2 amide bonds. The van der Waals surface area contributed by atoms with Gasteiger partial charge in [0.1, 0.15) is 0 Å². The van der Waals surface area contributed by atoms with E-state index in [4.69, 9.17) is 4.74 Å². The van der Waals surface area contributed by atoms with E-state index in [1.165, 1.54) is 23.3 Å². The third-order valence-electron chi connectivity index (χ3n) is 5.35. The first-order valence-electron chi connectivity index (χ1n) is 9.13. The number of unbranched alkanes of at least 4 members (excludes halogenated alkanes) is 1. The average molecular weight is 329 g/mol. The van der Waals surface area contributed by atoms with Crippen LogP contribution in [-0.4, -0.2) is 29.9 Å². The summed E-state index contributed by atoms with van der Waals surface area (Å²) in [7, 11) is 0. The summed E-state index contributed by atoms with van der Waals surface area (Å²) in [6, 6.07) is 10.1. The standard InChI is InChI=1S/C20H27NO3/c22-18-14-20(10-4-5-11-20)15-19(23)21(18)12-6-7-13-24-16-17-8-2-1-3-9-17/h1-3,8-9H,4-7,10-16H2. The maximum Gasteiger partial charge on any atom is 0.229 e. The number of rotatable bonds is 7. The number of carbonyl (C=O) groups is 2. The molecule has 1 saturated heterocycles. The molecule has 1 aliphatic carbocycles. The number of hydrogen-bond acceptors (Lipinski definition) is 3. The van der Waals surface area contributed by atoms with Crippen LogP contribution in [0.25, 0.3) is 0 Å². The first-order chi connectivity index (χ1) is 11.7. The predicted molar refractivity (Wildman–Crippen MR) is 92.2 cm³/mol. The molecule has 0 radical (unpaired) electrons. The molecular formula is C20H27NO3. The average Bonchev–Trinajstić information content (AvgIpc) is 3.01. The Morgan fingerprint density at radius 1 is 0.958 bits per heavy atom. The van der Waals surface area contributed by atoms with Crippen molar-refractivity contribution in [2.45, 2.75) is 58.0 Å². The normalized spacial score (nSPS) is 20.1. The van der Waals surface area contributed by atoms with Gasteiger partial charge >= 0.3 is 0 Å². The van der Waals surface area contributed by atoms with Gasteiger partial charge in [-0.25, -0.2) is 0 Å². The number of imide groups is 1. The molecule has 130 valence electrons. The van der Waals surface area contributed by atoms with E-state index in [2.05, 4.69) is 0 Å². The van der Waals surface area contributed by atoms with Crippen molar-refractivity contribution in [3.63, 3.8) is 0 Å². The van der Waals surface area contributed by atoms with Gasteiger partial charge in [-0.2, -0.15) is 0 Å². The fraction of sp³-hybridized carbons (Fsp3) is 0.600. The van der Waals surface area contributed by atoms with Gasteiger partial charge in [-0.15, -0.1) is 0 Å². The van der Waals surface area contributed by atoms with E-state index in [-0.39, 0.29) is 17.2 Å². The van der Waals surface area contributed by atoms with Gasteiger partial charge in [0.25, 0.3) is 0 Å². The van der Waals surface area contributed by atoms with Crippen LogP contribution in [-0.2, 0) is 20.9 Å². The summed E-state index contributed by atoms with van der Waals surface area (Å²) in [5, 5.41) is 0. The molecule has 24 heavy (non-hydrogen) atoms. The Hall–Kier alpha value is -1.68. The number of amides is 2. The fourth-order valence-corrected chi connectivity index (χ4v) is 4.00. The number of nitrogens with zero attached hydrogens (tertiary/aromatic N) is 1. The second kappa shape index (κ2) is 7.93. The van der Waals surface area contributed by atoms with E-state index >= 15 is 0 Å². The highest BCUT2D eigenvalue weighted by atomic mass is 16.5. The van der Waals surface area contributed by atoms with E-state index in [0.29, 0.717) is 32.6 Å². The number of ether oxygens (including phenoxy) is 1. The highest BCUT2D eigenvalue weighted by Crippen LogP contribution is 2.46. The Balaban J connectivity index is 1.34. The molecule has 1 aliphatic heterocycles. The first-order valence-corrected chi connectivity index (χ1v) is 9.13. The van der Waals surface area contributed by atoms with Crippen molar-refractivity contribution in [1.82, 2.24) is 4.90 Å². The van der Waals surface area contributed by atoms with Crippen molar-refractivity contribution in [3.05, 3.63) is 35.9 Å². The van der Waals surface area contributed by atoms with Gasteiger partial charge in [-0.3, -0.25) is 14.5 Å². The van der Waals surface area contributed by atoms with Gasteiger partial charge < -0.3 is 4.74 Å². The topological polar surface area (TPSA) is 46.6 Å². The Kier molecular flexibility index (Phi) is 5.67. The van der Waals surface area contributed by atoms with Gasteiger partial charge in [0.15, 0.2) is 0 Å². The highest BCUT2D eigenvalue weighted by Gasteiger charge is 2.44. The van der Waals surface area contributed by atoms with Crippen LogP contribution in [0.3, 0.4) is 0 Å².